The molecule has 10 nitrogen and oxygen atoms in total. The molecule has 0 aliphatic carbocycles. The summed E-state index contributed by atoms with van der Waals surface area (Å²) in [5, 5.41) is 6.40. The van der Waals surface area contributed by atoms with E-state index in [9.17, 15) is 9.13 Å². The Morgan fingerprint density at radius 2 is 0.967 bits per heavy atom. The Labute approximate surface area is 189 Å². The van der Waals surface area contributed by atoms with Gasteiger partial charge in [0, 0.05) is 24.6 Å². The summed E-state index contributed by atoms with van der Waals surface area (Å²) in [5.41, 5.74) is 0. The van der Waals surface area contributed by atoms with Gasteiger partial charge in [-0.15, -0.1) is 0 Å². The summed E-state index contributed by atoms with van der Waals surface area (Å²) < 4.78 is 21.4. The van der Waals surface area contributed by atoms with Gasteiger partial charge in [0.25, 0.3) is 0 Å². The zero-order valence-corrected chi connectivity index (χ0v) is 21.5. The van der Waals surface area contributed by atoms with Crippen LogP contribution in [0, 0.1) is 0 Å². The number of rotatable bonds is 21. The summed E-state index contributed by atoms with van der Waals surface area (Å²) in [4.78, 5) is 39.6. The van der Waals surface area contributed by atoms with E-state index in [1.807, 2.05) is 0 Å². The first-order valence-corrected chi connectivity index (χ1v) is 16.6. The summed E-state index contributed by atoms with van der Waals surface area (Å²) >= 11 is 1.37. The van der Waals surface area contributed by atoms with Gasteiger partial charge in [0.1, 0.15) is 0 Å². The molecular formula is C16H40N4O6P2S2. The first-order chi connectivity index (χ1) is 14.0. The number of hydrogen-bond donors (Lipinski definition) is 6. The highest BCUT2D eigenvalue weighted by atomic mass is 32.7. The third-order valence-corrected chi connectivity index (χ3v) is 8.75. The molecule has 0 aromatic heterocycles. The van der Waals surface area contributed by atoms with Gasteiger partial charge < -0.3 is 40.0 Å². The fourth-order valence-corrected chi connectivity index (χ4v) is 5.58. The van der Waals surface area contributed by atoms with Gasteiger partial charge in [0.2, 0.25) is 0 Å². The third kappa shape index (κ3) is 25.1. The van der Waals surface area contributed by atoms with Gasteiger partial charge in [0.05, 0.1) is 0 Å². The highest BCUT2D eigenvalue weighted by Gasteiger charge is 2.12. The van der Waals surface area contributed by atoms with Crippen molar-refractivity contribution in [1.82, 2.24) is 20.4 Å². The SMILES string of the molecule is CN(CCCCN(C)CCCNCCSP(=O)(O)O)CCCNCCSP(=O)(O)O. The van der Waals surface area contributed by atoms with E-state index < -0.39 is 13.6 Å². The van der Waals surface area contributed by atoms with Gasteiger partial charge in [-0.2, -0.15) is 0 Å². The van der Waals surface area contributed by atoms with Gasteiger partial charge in [-0.1, -0.05) is 0 Å². The molecule has 0 atom stereocenters. The van der Waals surface area contributed by atoms with Crippen molar-refractivity contribution in [3.05, 3.63) is 0 Å². The molecule has 14 heteroatoms. The second-order valence-corrected chi connectivity index (χ2v) is 14.9. The largest absolute Gasteiger partial charge is 0.384 e. The minimum atomic E-state index is -3.94. The molecule has 6 N–H and O–H groups in total. The smallest absolute Gasteiger partial charge is 0.317 e. The van der Waals surface area contributed by atoms with Crippen LogP contribution in [0.5, 0.6) is 0 Å². The molecule has 0 aliphatic rings. The second kappa shape index (κ2) is 18.3. The normalized spacial score (nSPS) is 12.9. The zero-order valence-electron chi connectivity index (χ0n) is 18.1. The van der Waals surface area contributed by atoms with Gasteiger partial charge in [-0.25, -0.2) is 9.13 Å². The quantitative estimate of drug-likeness (QED) is 0.0976. The maximum Gasteiger partial charge on any atom is 0.384 e. The van der Waals surface area contributed by atoms with Gasteiger partial charge >= 0.3 is 13.6 Å². The molecule has 0 heterocycles. The first-order valence-electron chi connectivity index (χ1n) is 10.2. The molecule has 30 heavy (non-hydrogen) atoms. The van der Waals surface area contributed by atoms with Gasteiger partial charge in [-0.3, -0.25) is 0 Å². The molecule has 0 radical (unpaired) electrons. The van der Waals surface area contributed by atoms with Crippen molar-refractivity contribution in [3.8, 4) is 0 Å². The average molecular weight is 511 g/mol. The zero-order chi connectivity index (χ0) is 22.9. The lowest BCUT2D eigenvalue weighted by atomic mass is 10.2. The van der Waals surface area contributed by atoms with Crippen molar-refractivity contribution in [2.45, 2.75) is 25.7 Å². The average Bonchev–Trinajstić information content (AvgIpc) is 2.62. The highest BCUT2D eigenvalue weighted by Crippen LogP contribution is 2.50. The van der Waals surface area contributed by atoms with Crippen LogP contribution >= 0.6 is 36.4 Å². The number of nitrogens with one attached hydrogen (secondary N) is 2. The fourth-order valence-electron chi connectivity index (χ4n) is 2.66. The Hall–Kier alpha value is 0.840. The van der Waals surface area contributed by atoms with Crippen molar-refractivity contribution >= 4 is 36.4 Å². The van der Waals surface area contributed by atoms with E-state index in [2.05, 4.69) is 34.5 Å². The lowest BCUT2D eigenvalue weighted by Gasteiger charge is -2.19. The molecule has 0 fully saturated rings. The summed E-state index contributed by atoms with van der Waals surface area (Å²) in [7, 11) is 4.23. The third-order valence-electron chi connectivity index (χ3n) is 4.19. The Morgan fingerprint density at radius 3 is 1.30 bits per heavy atom. The van der Waals surface area contributed by atoms with Crippen molar-refractivity contribution in [2.24, 2.45) is 0 Å². The molecule has 0 unspecified atom stereocenters. The lowest BCUT2D eigenvalue weighted by Crippen LogP contribution is -2.28. The summed E-state index contributed by atoms with van der Waals surface area (Å²) in [5.74, 6) is 0.832. The monoisotopic (exact) mass is 510 g/mol. The van der Waals surface area contributed by atoms with Crippen LogP contribution in [0.25, 0.3) is 0 Å². The molecule has 0 spiro atoms. The van der Waals surface area contributed by atoms with Crippen LogP contribution in [-0.4, -0.2) is 107 Å². The van der Waals surface area contributed by atoms with Crippen molar-refractivity contribution < 1.29 is 28.7 Å². The summed E-state index contributed by atoms with van der Waals surface area (Å²) in [6.45, 7) is -0.862. The van der Waals surface area contributed by atoms with Crippen molar-refractivity contribution in [1.29, 1.82) is 0 Å². The van der Waals surface area contributed by atoms with E-state index >= 15 is 0 Å². The molecule has 0 amide bonds. The van der Waals surface area contributed by atoms with Crippen molar-refractivity contribution in [3.63, 3.8) is 0 Å². The molecule has 182 valence electrons. The van der Waals surface area contributed by atoms with Crippen LogP contribution in [0.3, 0.4) is 0 Å². The van der Waals surface area contributed by atoms with Crippen LogP contribution in [-0.2, 0) is 9.13 Å². The fraction of sp³-hybridized carbons (Fsp3) is 1.00. The van der Waals surface area contributed by atoms with E-state index in [1.54, 1.807) is 0 Å². The van der Waals surface area contributed by atoms with Crippen LogP contribution in [0.15, 0.2) is 0 Å². The number of nitrogens with zero attached hydrogens (tertiary/aromatic N) is 2. The molecule has 0 saturated carbocycles. The van der Waals surface area contributed by atoms with E-state index in [4.69, 9.17) is 19.6 Å². The van der Waals surface area contributed by atoms with Crippen LogP contribution in [0.4, 0.5) is 0 Å². The number of unbranched alkanes of at least 4 members (excludes halogenated alkanes) is 1. The van der Waals surface area contributed by atoms with Crippen LogP contribution in [0.1, 0.15) is 25.7 Å². The van der Waals surface area contributed by atoms with E-state index in [1.165, 1.54) is 0 Å². The summed E-state index contributed by atoms with van der Waals surface area (Å²) in [6.07, 6.45) is 4.31. The van der Waals surface area contributed by atoms with Crippen molar-refractivity contribution in [2.75, 3.05) is 78.0 Å². The van der Waals surface area contributed by atoms with Gasteiger partial charge in [0.15, 0.2) is 0 Å². The maximum absolute atomic E-state index is 10.7. The molecule has 0 aromatic carbocycles. The van der Waals surface area contributed by atoms with E-state index in [0.29, 0.717) is 47.4 Å². The number of hydrogen-bond acceptors (Lipinski definition) is 8. The van der Waals surface area contributed by atoms with Crippen LogP contribution < -0.4 is 10.6 Å². The van der Waals surface area contributed by atoms with Gasteiger partial charge in [-0.05, 0) is 102 Å². The van der Waals surface area contributed by atoms with E-state index in [0.717, 1.165) is 65.0 Å². The summed E-state index contributed by atoms with van der Waals surface area (Å²) in [6, 6.07) is 0. The Balaban J connectivity index is 3.40. The standard InChI is InChI=1S/C16H40N4O6P2S2/c1-19(13-5-7-17-9-15-29-27(21,22)23)11-3-4-12-20(2)14-6-8-18-10-16-30-28(24,25)26/h17-18H,3-16H2,1-2H3,(H2,21,22,23)(H2,24,25,26). The molecular weight excluding hydrogens is 470 g/mol. The molecule has 0 aliphatic heterocycles. The molecule has 0 saturated heterocycles. The topological polar surface area (TPSA) is 146 Å². The minimum absolute atomic E-state index is 0.416. The Kier molecular flexibility index (Phi) is 18.8. The minimum Gasteiger partial charge on any atom is -0.317 e. The highest BCUT2D eigenvalue weighted by molar-refractivity contribution is 8.54. The predicted molar refractivity (Wildman–Crippen MR) is 128 cm³/mol. The van der Waals surface area contributed by atoms with E-state index in [-0.39, 0.29) is 0 Å². The Bertz CT molecular complexity index is 468. The molecule has 0 rings (SSSR count). The first kappa shape index (κ1) is 30.8. The second-order valence-electron chi connectivity index (χ2n) is 7.17. The van der Waals surface area contributed by atoms with Crippen LogP contribution in [0.2, 0.25) is 0 Å². The molecule has 0 bridgehead atoms. The molecule has 0 aromatic rings. The lowest BCUT2D eigenvalue weighted by molar-refractivity contribution is 0.288. The maximum atomic E-state index is 10.7. The Morgan fingerprint density at radius 1 is 0.633 bits per heavy atom. The predicted octanol–water partition coefficient (Wildman–Crippen LogP) is 1.24.